The summed E-state index contributed by atoms with van der Waals surface area (Å²) < 4.78 is 96.8. The van der Waals surface area contributed by atoms with Crippen LogP contribution in [-0.2, 0) is 10.1 Å². The molecular formula is C3H2F6O4S. The molecule has 0 radical (unpaired) electrons. The first-order chi connectivity index (χ1) is 5.75. The molecule has 0 aliphatic carbocycles. The predicted molar refractivity (Wildman–Crippen MR) is 28.6 cm³/mol. The van der Waals surface area contributed by atoms with E-state index >= 15 is 0 Å². The van der Waals surface area contributed by atoms with Crippen LogP contribution in [-0.4, -0.2) is 35.4 Å². The van der Waals surface area contributed by atoms with Gasteiger partial charge in [0, 0.05) is 0 Å². The zero-order chi connectivity index (χ0) is 12.0. The van der Waals surface area contributed by atoms with Gasteiger partial charge in [-0.05, 0) is 0 Å². The molecule has 0 bridgehead atoms. The molecular weight excluding hydrogens is 246 g/mol. The molecule has 0 rings (SSSR count). The van der Waals surface area contributed by atoms with E-state index in [9.17, 15) is 34.8 Å². The Bertz CT molecular complexity index is 297. The van der Waals surface area contributed by atoms with Crippen LogP contribution in [0.3, 0.4) is 0 Å². The van der Waals surface area contributed by atoms with Gasteiger partial charge in [0.2, 0.25) is 0 Å². The second-order valence-corrected chi connectivity index (χ2v) is 3.66. The molecule has 11 heteroatoms. The largest absolute Gasteiger partial charge is 0.443 e. The van der Waals surface area contributed by atoms with Crippen molar-refractivity contribution < 1.29 is 44.4 Å². The Morgan fingerprint density at radius 3 is 1.07 bits per heavy atom. The maximum Gasteiger partial charge on any atom is 0.443 e. The van der Waals surface area contributed by atoms with Gasteiger partial charge in [0.05, 0.1) is 0 Å². The first kappa shape index (κ1) is 13.4. The fourth-order valence-corrected chi connectivity index (χ4v) is 1.04. The molecule has 0 aromatic heterocycles. The van der Waals surface area contributed by atoms with Crippen LogP contribution in [0.4, 0.5) is 26.3 Å². The van der Waals surface area contributed by atoms with Gasteiger partial charge in [-0.3, -0.25) is 4.55 Å². The van der Waals surface area contributed by atoms with E-state index in [1.165, 1.54) is 0 Å². The second kappa shape index (κ2) is 2.97. The van der Waals surface area contributed by atoms with Crippen molar-refractivity contribution in [3.05, 3.63) is 0 Å². The number of halogens is 6. The number of rotatable bonds is 1. The summed E-state index contributed by atoms with van der Waals surface area (Å²) in [6, 6.07) is 0. The molecule has 0 unspecified atom stereocenters. The monoisotopic (exact) mass is 248 g/mol. The fraction of sp³-hybridized carbons (Fsp3) is 1.00. The highest BCUT2D eigenvalue weighted by Gasteiger charge is 2.78. The summed E-state index contributed by atoms with van der Waals surface area (Å²) in [7, 11) is -6.77. The van der Waals surface area contributed by atoms with Gasteiger partial charge < -0.3 is 5.11 Å². The van der Waals surface area contributed by atoms with E-state index in [-0.39, 0.29) is 0 Å². The molecule has 0 fully saturated rings. The average molecular weight is 248 g/mol. The molecule has 0 aromatic carbocycles. The van der Waals surface area contributed by atoms with Gasteiger partial charge in [-0.25, -0.2) is 0 Å². The smallest absolute Gasteiger partial charge is 0.359 e. The highest BCUT2D eigenvalue weighted by molar-refractivity contribution is 7.87. The number of alkyl halides is 6. The topological polar surface area (TPSA) is 74.6 Å². The summed E-state index contributed by atoms with van der Waals surface area (Å²) in [4.78, 5) is -6.16. The molecule has 0 aliphatic rings. The number of hydrogen-bond donors (Lipinski definition) is 2. The van der Waals surface area contributed by atoms with Gasteiger partial charge in [0.15, 0.2) is 0 Å². The van der Waals surface area contributed by atoms with E-state index in [1.54, 1.807) is 0 Å². The van der Waals surface area contributed by atoms with Crippen molar-refractivity contribution in [1.29, 1.82) is 0 Å². The van der Waals surface area contributed by atoms with Gasteiger partial charge in [0.25, 0.3) is 0 Å². The number of hydrogen-bond acceptors (Lipinski definition) is 3. The summed E-state index contributed by atoms with van der Waals surface area (Å²) in [5, 5.41) is 7.93. The van der Waals surface area contributed by atoms with Crippen LogP contribution >= 0.6 is 0 Å². The highest BCUT2D eigenvalue weighted by atomic mass is 32.2. The van der Waals surface area contributed by atoms with Crippen molar-refractivity contribution in [2.45, 2.75) is 17.3 Å². The maximum atomic E-state index is 11.6. The van der Waals surface area contributed by atoms with Crippen LogP contribution in [0.25, 0.3) is 0 Å². The Morgan fingerprint density at radius 1 is 0.857 bits per heavy atom. The molecule has 0 aromatic rings. The van der Waals surface area contributed by atoms with Crippen LogP contribution in [0.15, 0.2) is 0 Å². The van der Waals surface area contributed by atoms with Crippen LogP contribution < -0.4 is 0 Å². The maximum absolute atomic E-state index is 11.6. The molecule has 0 atom stereocenters. The van der Waals surface area contributed by atoms with E-state index < -0.39 is 27.4 Å². The zero-order valence-corrected chi connectivity index (χ0v) is 6.70. The van der Waals surface area contributed by atoms with Crippen molar-refractivity contribution in [3.8, 4) is 0 Å². The Labute approximate surface area is 72.9 Å². The third kappa shape index (κ3) is 1.79. The average Bonchev–Trinajstić information content (AvgIpc) is 1.77. The second-order valence-electron chi connectivity index (χ2n) is 2.11. The molecule has 0 saturated heterocycles. The molecule has 0 amide bonds. The molecule has 2 N–H and O–H groups in total. The lowest BCUT2D eigenvalue weighted by atomic mass is 10.3. The van der Waals surface area contributed by atoms with Crippen molar-refractivity contribution in [2.24, 2.45) is 0 Å². The van der Waals surface area contributed by atoms with Crippen LogP contribution in [0, 0.1) is 0 Å². The normalized spacial score (nSPS) is 15.7. The van der Waals surface area contributed by atoms with Crippen LogP contribution in [0.1, 0.15) is 0 Å². The van der Waals surface area contributed by atoms with Gasteiger partial charge in [0.1, 0.15) is 0 Å². The van der Waals surface area contributed by atoms with E-state index in [2.05, 4.69) is 0 Å². The van der Waals surface area contributed by atoms with E-state index in [0.29, 0.717) is 0 Å². The third-order valence-electron chi connectivity index (χ3n) is 1.14. The quantitative estimate of drug-likeness (QED) is 0.528. The fourth-order valence-electron chi connectivity index (χ4n) is 0.453. The minimum absolute atomic E-state index is 6.16. The van der Waals surface area contributed by atoms with Gasteiger partial charge in [-0.1, -0.05) is 0 Å². The lowest BCUT2D eigenvalue weighted by molar-refractivity contribution is -0.332. The van der Waals surface area contributed by atoms with Crippen molar-refractivity contribution in [3.63, 3.8) is 0 Å². The lowest BCUT2D eigenvalue weighted by Crippen LogP contribution is -2.61. The van der Waals surface area contributed by atoms with Crippen LogP contribution in [0.2, 0.25) is 0 Å². The van der Waals surface area contributed by atoms with Gasteiger partial charge >= 0.3 is 27.4 Å². The molecule has 0 aliphatic heterocycles. The first-order valence-electron chi connectivity index (χ1n) is 2.58. The molecule has 14 heavy (non-hydrogen) atoms. The molecule has 4 nitrogen and oxygen atoms in total. The lowest BCUT2D eigenvalue weighted by Gasteiger charge is -2.28. The summed E-state index contributed by atoms with van der Waals surface area (Å²) in [6.45, 7) is 0. The Kier molecular flexibility index (Phi) is 2.85. The van der Waals surface area contributed by atoms with Crippen molar-refractivity contribution in [2.75, 3.05) is 0 Å². The zero-order valence-electron chi connectivity index (χ0n) is 5.89. The Hall–Kier alpha value is -0.550. The Morgan fingerprint density at radius 2 is 1.07 bits per heavy atom. The third-order valence-corrected chi connectivity index (χ3v) is 2.35. The standard InChI is InChI=1S/C3H2F6O4S/c4-2(5,6)1(10,3(7,8)9)14(11,12)13/h10H,(H,11,12,13). The number of aliphatic hydroxyl groups is 1. The minimum Gasteiger partial charge on any atom is -0.359 e. The van der Waals surface area contributed by atoms with Gasteiger partial charge in [-0.15, -0.1) is 0 Å². The minimum atomic E-state index is -6.77. The predicted octanol–water partition coefficient (Wildman–Crippen LogP) is 0.687. The van der Waals surface area contributed by atoms with E-state index in [1.807, 2.05) is 0 Å². The van der Waals surface area contributed by atoms with E-state index in [0.717, 1.165) is 0 Å². The molecule has 0 heterocycles. The van der Waals surface area contributed by atoms with Crippen LogP contribution in [0.5, 0.6) is 0 Å². The first-order valence-corrected chi connectivity index (χ1v) is 4.02. The SMILES string of the molecule is O=S(=O)(O)C(O)(C(F)(F)F)C(F)(F)F. The summed E-state index contributed by atoms with van der Waals surface area (Å²) in [5.41, 5.74) is 0. The summed E-state index contributed by atoms with van der Waals surface area (Å²) in [5.74, 6) is 0. The molecule has 86 valence electrons. The molecule has 0 spiro atoms. The Balaban J connectivity index is 5.81. The highest BCUT2D eigenvalue weighted by Crippen LogP contribution is 2.45. The van der Waals surface area contributed by atoms with Crippen molar-refractivity contribution >= 4 is 10.1 Å². The molecule has 0 saturated carbocycles. The van der Waals surface area contributed by atoms with Gasteiger partial charge in [-0.2, -0.15) is 34.8 Å². The van der Waals surface area contributed by atoms with Crippen molar-refractivity contribution in [1.82, 2.24) is 0 Å². The summed E-state index contributed by atoms with van der Waals surface area (Å²) >= 11 is 0. The summed E-state index contributed by atoms with van der Waals surface area (Å²) in [6.07, 6.45) is -13.2. The van der Waals surface area contributed by atoms with E-state index in [4.69, 9.17) is 9.66 Å².